The Kier molecular flexibility index (Phi) is 4.81. The largest absolute Gasteiger partial charge is 0.454 e. The molecule has 1 saturated carbocycles. The van der Waals surface area contributed by atoms with Crippen LogP contribution in [0.15, 0.2) is 54.6 Å². The molecule has 6 heteroatoms. The van der Waals surface area contributed by atoms with E-state index in [1.54, 1.807) is 18.2 Å². The van der Waals surface area contributed by atoms with E-state index in [9.17, 15) is 19.2 Å². The van der Waals surface area contributed by atoms with Crippen LogP contribution in [0.1, 0.15) is 38.3 Å². The zero-order valence-electron chi connectivity index (χ0n) is 17.9. The molecule has 4 atom stereocenters. The number of amides is 2. The molecule has 3 aliphatic rings. The highest BCUT2D eigenvalue weighted by atomic mass is 16.5. The van der Waals surface area contributed by atoms with Gasteiger partial charge in [-0.05, 0) is 68.0 Å². The number of rotatable bonds is 5. The van der Waals surface area contributed by atoms with Crippen LogP contribution in [0.5, 0.6) is 0 Å². The van der Waals surface area contributed by atoms with Gasteiger partial charge in [0.15, 0.2) is 6.61 Å². The van der Waals surface area contributed by atoms with E-state index in [1.165, 1.54) is 17.0 Å². The minimum Gasteiger partial charge on any atom is -0.454 e. The van der Waals surface area contributed by atoms with Crippen molar-refractivity contribution in [3.8, 4) is 0 Å². The maximum Gasteiger partial charge on any atom is 0.338 e. The Hall–Kier alpha value is -3.54. The molecular formula is C26H23NO5. The molecule has 2 aromatic rings. The molecule has 1 saturated heterocycles. The van der Waals surface area contributed by atoms with Gasteiger partial charge < -0.3 is 4.74 Å². The van der Waals surface area contributed by atoms with Crippen molar-refractivity contribution in [1.82, 2.24) is 0 Å². The molecule has 32 heavy (non-hydrogen) atoms. The normalized spacial score (nSPS) is 25.4. The van der Waals surface area contributed by atoms with Crippen LogP contribution in [-0.4, -0.2) is 30.2 Å². The van der Waals surface area contributed by atoms with Gasteiger partial charge in [0.1, 0.15) is 0 Å². The summed E-state index contributed by atoms with van der Waals surface area (Å²) in [7, 11) is 0. The fourth-order valence-corrected chi connectivity index (χ4v) is 5.23. The molecule has 162 valence electrons. The highest BCUT2D eigenvalue weighted by Crippen LogP contribution is 2.53. The molecule has 0 unspecified atom stereocenters. The summed E-state index contributed by atoms with van der Waals surface area (Å²) >= 11 is 0. The Labute approximate surface area is 185 Å². The molecule has 0 spiro atoms. The van der Waals surface area contributed by atoms with Crippen molar-refractivity contribution in [2.24, 2.45) is 23.7 Å². The molecule has 2 aliphatic carbocycles. The summed E-state index contributed by atoms with van der Waals surface area (Å²) in [5.41, 5.74) is 3.03. The number of aryl methyl sites for hydroxylation is 2. The maximum absolute atomic E-state index is 12.9. The maximum atomic E-state index is 12.9. The number of anilines is 1. The van der Waals surface area contributed by atoms with E-state index in [-0.39, 0.29) is 53.4 Å². The predicted molar refractivity (Wildman–Crippen MR) is 117 cm³/mol. The first kappa shape index (κ1) is 20.4. The van der Waals surface area contributed by atoms with Crippen LogP contribution in [-0.2, 0) is 14.3 Å². The summed E-state index contributed by atoms with van der Waals surface area (Å²) in [6, 6.07) is 11.7. The monoisotopic (exact) mass is 429 g/mol. The standard InChI is InChI=1S/C26H23NO5/c1-14-3-4-15(2)20(11-14)21(28)13-32-26(31)16-7-9-19(10-8-16)27-24(29)22-17-5-6-18(12-17)23(22)25(27)30/h3-11,17-18,22-23H,12-13H2,1-2H3/t17-,18-,22-,23-/m0/s1. The van der Waals surface area contributed by atoms with Crippen LogP contribution >= 0.6 is 0 Å². The number of hydrogen-bond donors (Lipinski definition) is 0. The second-order valence-corrected chi connectivity index (χ2v) is 8.88. The summed E-state index contributed by atoms with van der Waals surface area (Å²) in [6.45, 7) is 3.38. The smallest absolute Gasteiger partial charge is 0.338 e. The van der Waals surface area contributed by atoms with Crippen LogP contribution in [0.3, 0.4) is 0 Å². The Balaban J connectivity index is 1.25. The van der Waals surface area contributed by atoms with E-state index in [4.69, 9.17) is 4.74 Å². The lowest BCUT2D eigenvalue weighted by molar-refractivity contribution is -0.123. The number of carbonyl (C=O) groups is 4. The van der Waals surface area contributed by atoms with E-state index >= 15 is 0 Å². The van der Waals surface area contributed by atoms with E-state index in [0.29, 0.717) is 11.3 Å². The number of Topliss-reactive ketones (excluding diaryl/α,β-unsaturated/α-hetero) is 1. The quantitative estimate of drug-likeness (QED) is 0.314. The number of ether oxygens (including phenoxy) is 1. The Morgan fingerprint density at radius 2 is 1.56 bits per heavy atom. The summed E-state index contributed by atoms with van der Waals surface area (Å²) in [4.78, 5) is 51.9. The van der Waals surface area contributed by atoms with Gasteiger partial charge in [-0.1, -0.05) is 29.8 Å². The van der Waals surface area contributed by atoms with Gasteiger partial charge in [-0.15, -0.1) is 0 Å². The molecule has 2 aromatic carbocycles. The topological polar surface area (TPSA) is 80.8 Å². The molecule has 0 N–H and O–H groups in total. The Morgan fingerprint density at radius 1 is 0.938 bits per heavy atom. The predicted octanol–water partition coefficient (Wildman–Crippen LogP) is 3.65. The van der Waals surface area contributed by atoms with Gasteiger partial charge in [-0.2, -0.15) is 0 Å². The number of nitrogens with zero attached hydrogens (tertiary/aromatic N) is 1. The highest BCUT2D eigenvalue weighted by Gasteiger charge is 2.59. The van der Waals surface area contributed by atoms with Crippen molar-refractivity contribution in [2.45, 2.75) is 20.3 Å². The lowest BCUT2D eigenvalue weighted by atomic mass is 9.85. The number of allylic oxidation sites excluding steroid dienone is 2. The lowest BCUT2D eigenvalue weighted by Gasteiger charge is -2.17. The zero-order valence-corrected chi connectivity index (χ0v) is 17.9. The van der Waals surface area contributed by atoms with E-state index in [0.717, 1.165) is 17.5 Å². The minimum atomic E-state index is -0.631. The fourth-order valence-electron chi connectivity index (χ4n) is 5.23. The first-order chi connectivity index (χ1) is 15.3. The highest BCUT2D eigenvalue weighted by molar-refractivity contribution is 6.22. The third-order valence-electron chi connectivity index (χ3n) is 6.86. The van der Waals surface area contributed by atoms with E-state index < -0.39 is 5.97 Å². The molecule has 0 aromatic heterocycles. The lowest BCUT2D eigenvalue weighted by Crippen LogP contribution is -2.32. The van der Waals surface area contributed by atoms with Gasteiger partial charge in [-0.25, -0.2) is 4.79 Å². The SMILES string of the molecule is Cc1ccc(C)c(C(=O)COC(=O)c2ccc(N3C(=O)[C@@H]4[C@@H](C3=O)[C@H]3C=C[C@H]4C3)cc2)c1. The fraction of sp³-hybridized carbons (Fsp3) is 0.308. The Bertz CT molecular complexity index is 1150. The molecule has 1 heterocycles. The average Bonchev–Trinajstić information content (AvgIpc) is 3.47. The third-order valence-corrected chi connectivity index (χ3v) is 6.86. The van der Waals surface area contributed by atoms with E-state index in [1.807, 2.05) is 26.0 Å². The van der Waals surface area contributed by atoms with Crippen molar-refractivity contribution < 1.29 is 23.9 Å². The number of carbonyl (C=O) groups excluding carboxylic acids is 4. The van der Waals surface area contributed by atoms with Gasteiger partial charge >= 0.3 is 5.97 Å². The van der Waals surface area contributed by atoms with Gasteiger partial charge in [-0.3, -0.25) is 19.3 Å². The second-order valence-electron chi connectivity index (χ2n) is 8.88. The summed E-state index contributed by atoms with van der Waals surface area (Å²) in [6.07, 6.45) is 4.99. The first-order valence-corrected chi connectivity index (χ1v) is 10.8. The van der Waals surface area contributed by atoms with Crippen molar-refractivity contribution in [3.05, 3.63) is 76.9 Å². The van der Waals surface area contributed by atoms with Gasteiger partial charge in [0, 0.05) is 5.56 Å². The number of esters is 1. The van der Waals surface area contributed by atoms with Crippen LogP contribution < -0.4 is 4.90 Å². The molecule has 2 fully saturated rings. The number of benzene rings is 2. The van der Waals surface area contributed by atoms with E-state index in [2.05, 4.69) is 12.2 Å². The minimum absolute atomic E-state index is 0.148. The van der Waals surface area contributed by atoms with Crippen molar-refractivity contribution in [3.63, 3.8) is 0 Å². The Morgan fingerprint density at radius 3 is 2.19 bits per heavy atom. The van der Waals surface area contributed by atoms with Crippen LogP contribution in [0, 0.1) is 37.5 Å². The van der Waals surface area contributed by atoms with Crippen molar-refractivity contribution >= 4 is 29.3 Å². The molecule has 0 radical (unpaired) electrons. The number of fused-ring (bicyclic) bond motifs is 5. The second kappa shape index (κ2) is 7.55. The molecule has 2 bridgehead atoms. The third kappa shape index (κ3) is 3.18. The summed E-state index contributed by atoms with van der Waals surface area (Å²) < 4.78 is 5.20. The number of ketones is 1. The van der Waals surface area contributed by atoms with Gasteiger partial charge in [0.2, 0.25) is 17.6 Å². The summed E-state index contributed by atoms with van der Waals surface area (Å²) in [5.74, 6) is -1.45. The van der Waals surface area contributed by atoms with Gasteiger partial charge in [0.05, 0.1) is 23.1 Å². The summed E-state index contributed by atoms with van der Waals surface area (Å²) in [5, 5.41) is 0. The van der Waals surface area contributed by atoms with Crippen LogP contribution in [0.4, 0.5) is 5.69 Å². The van der Waals surface area contributed by atoms with Crippen molar-refractivity contribution in [1.29, 1.82) is 0 Å². The van der Waals surface area contributed by atoms with Crippen LogP contribution in [0.2, 0.25) is 0 Å². The number of imide groups is 1. The molecule has 5 rings (SSSR count). The molecular weight excluding hydrogens is 406 g/mol. The average molecular weight is 429 g/mol. The van der Waals surface area contributed by atoms with Gasteiger partial charge in [0.25, 0.3) is 0 Å². The zero-order chi connectivity index (χ0) is 22.6. The molecule has 1 aliphatic heterocycles. The van der Waals surface area contributed by atoms with Crippen molar-refractivity contribution in [2.75, 3.05) is 11.5 Å². The molecule has 6 nitrogen and oxygen atoms in total. The van der Waals surface area contributed by atoms with Crippen LogP contribution in [0.25, 0.3) is 0 Å². The number of hydrogen-bond acceptors (Lipinski definition) is 5. The first-order valence-electron chi connectivity index (χ1n) is 10.8. The molecule has 2 amide bonds.